The first-order valence-corrected chi connectivity index (χ1v) is 10.7. The van der Waals surface area contributed by atoms with Gasteiger partial charge in [0.2, 0.25) is 0 Å². The van der Waals surface area contributed by atoms with E-state index < -0.39 is 0 Å². The van der Waals surface area contributed by atoms with E-state index in [0.29, 0.717) is 0 Å². The Morgan fingerprint density at radius 2 is 1.00 bits per heavy atom. The molecule has 3 rings (SSSR count). The molecule has 0 bridgehead atoms. The number of rotatable bonds is 6. The molecule has 4 heteroatoms. The van der Waals surface area contributed by atoms with Gasteiger partial charge in [-0.15, -0.1) is 0 Å². The molecule has 0 aliphatic heterocycles. The van der Waals surface area contributed by atoms with Gasteiger partial charge in [-0.3, -0.25) is 0 Å². The molecule has 166 valence electrons. The van der Waals surface area contributed by atoms with Gasteiger partial charge in [0.1, 0.15) is 13.1 Å². The summed E-state index contributed by atoms with van der Waals surface area (Å²) in [6.07, 6.45) is 8.13. The minimum absolute atomic E-state index is 0. The van der Waals surface area contributed by atoms with Crippen molar-refractivity contribution < 1.29 is 43.1 Å². The summed E-state index contributed by atoms with van der Waals surface area (Å²) in [4.78, 5) is 0. The van der Waals surface area contributed by atoms with Crippen LogP contribution in [0.3, 0.4) is 0 Å². The monoisotopic (exact) mass is 552 g/mol. The van der Waals surface area contributed by atoms with Gasteiger partial charge in [0.05, 0.1) is 0 Å². The number of unbranched alkanes of at least 4 members (excludes halogenated alkanes) is 2. The van der Waals surface area contributed by atoms with Crippen molar-refractivity contribution in [1.29, 1.82) is 0 Å². The van der Waals surface area contributed by atoms with Gasteiger partial charge in [-0.2, -0.15) is 0 Å². The number of nitrogens with zero attached hydrogens (tertiary/aromatic N) is 2. The van der Waals surface area contributed by atoms with E-state index in [0.717, 1.165) is 49.9 Å². The van der Waals surface area contributed by atoms with E-state index in [1.807, 2.05) is 12.1 Å². The van der Waals surface area contributed by atoms with Crippen LogP contribution in [0.1, 0.15) is 48.2 Å². The summed E-state index contributed by atoms with van der Waals surface area (Å²) >= 11 is 0. The number of pyridine rings is 2. The zero-order valence-electron chi connectivity index (χ0n) is 18.8. The normalized spacial score (nSPS) is 9.31. The van der Waals surface area contributed by atoms with Crippen LogP contribution in [-0.4, -0.2) is 0 Å². The minimum atomic E-state index is 0. The molecule has 32 heavy (non-hydrogen) atoms. The molecule has 0 atom stereocenters. The van der Waals surface area contributed by atoms with Gasteiger partial charge in [0.25, 0.3) is 0 Å². The lowest BCUT2D eigenvalue weighted by molar-refractivity contribution is -0.703. The molecule has 3 aromatic rings. The molecule has 0 aliphatic carbocycles. The standard InChI is InChI=1S/C28H30N2.2BrH/c1-25-15-9-13-23-29(25)21-11-3-5-17-27-19-7-8-20-28(27)18-6-4-12-22-30-24-14-10-16-26(30)2;;/h7-10,13-16,19-20,23-24H,3-4,11-12,21-22H2,1-2H3;2*1H/q+2;;/p-2. The highest BCUT2D eigenvalue weighted by Gasteiger charge is 2.03. The topological polar surface area (TPSA) is 7.76 Å². The SMILES string of the molecule is Cc1cccc[n+]1CCCC#Cc1ccccc1C#CCCC[n+]1ccccc1C.[Br-].[Br-]. The summed E-state index contributed by atoms with van der Waals surface area (Å²) in [6.45, 7) is 6.28. The molecule has 0 aliphatic rings. The molecule has 0 unspecified atom stereocenters. The van der Waals surface area contributed by atoms with Crippen molar-refractivity contribution in [2.45, 2.75) is 52.6 Å². The Kier molecular flexibility index (Phi) is 13.3. The number of aryl methyl sites for hydroxylation is 4. The van der Waals surface area contributed by atoms with Gasteiger partial charge >= 0.3 is 0 Å². The third-order valence-corrected chi connectivity index (χ3v) is 5.11. The number of aromatic nitrogens is 2. The van der Waals surface area contributed by atoms with Crippen molar-refractivity contribution in [1.82, 2.24) is 0 Å². The predicted octanol–water partition coefficient (Wildman–Crippen LogP) is -1.45. The Hall–Kier alpha value is -2.40. The second-order valence-electron chi connectivity index (χ2n) is 7.43. The maximum Gasteiger partial charge on any atom is 0.178 e. The molecule has 0 fully saturated rings. The second kappa shape index (κ2) is 15.4. The van der Waals surface area contributed by atoms with E-state index in [1.54, 1.807) is 0 Å². The maximum absolute atomic E-state index is 3.33. The number of halogens is 2. The average molecular weight is 554 g/mol. The lowest BCUT2D eigenvalue weighted by Crippen LogP contribution is -3.00. The van der Waals surface area contributed by atoms with Crippen molar-refractivity contribution in [3.05, 3.63) is 95.6 Å². The van der Waals surface area contributed by atoms with Crippen LogP contribution >= 0.6 is 0 Å². The largest absolute Gasteiger partial charge is 1.00 e. The van der Waals surface area contributed by atoms with E-state index in [2.05, 4.69) is 108 Å². The Morgan fingerprint density at radius 1 is 0.594 bits per heavy atom. The molecule has 0 amide bonds. The van der Waals surface area contributed by atoms with E-state index >= 15 is 0 Å². The molecule has 0 radical (unpaired) electrons. The maximum atomic E-state index is 3.33. The lowest BCUT2D eigenvalue weighted by Gasteiger charge is -1.98. The summed E-state index contributed by atoms with van der Waals surface area (Å²) in [6, 6.07) is 20.8. The highest BCUT2D eigenvalue weighted by atomic mass is 79.9. The molecular weight excluding hydrogens is 524 g/mol. The first-order chi connectivity index (χ1) is 14.7. The van der Waals surface area contributed by atoms with Gasteiger partial charge in [0, 0.05) is 74.9 Å². The predicted molar refractivity (Wildman–Crippen MR) is 121 cm³/mol. The molecule has 0 saturated heterocycles. The molecule has 2 aromatic heterocycles. The van der Waals surface area contributed by atoms with E-state index in [-0.39, 0.29) is 34.0 Å². The fourth-order valence-electron chi connectivity index (χ4n) is 3.32. The third kappa shape index (κ3) is 8.99. The van der Waals surface area contributed by atoms with Crippen molar-refractivity contribution in [3.8, 4) is 23.7 Å². The van der Waals surface area contributed by atoms with Crippen LogP contribution < -0.4 is 43.1 Å². The van der Waals surface area contributed by atoms with Gasteiger partial charge in [-0.05, 0) is 12.1 Å². The van der Waals surface area contributed by atoms with Crippen LogP contribution in [0, 0.1) is 37.5 Å². The average Bonchev–Trinajstić information content (AvgIpc) is 2.76. The molecule has 2 nitrogen and oxygen atoms in total. The van der Waals surface area contributed by atoms with Gasteiger partial charge in [-0.1, -0.05) is 47.9 Å². The van der Waals surface area contributed by atoms with Crippen molar-refractivity contribution in [3.63, 3.8) is 0 Å². The Balaban J connectivity index is 0.00000256. The Bertz CT molecular complexity index is 1010. The van der Waals surface area contributed by atoms with Crippen LogP contribution in [0.15, 0.2) is 73.1 Å². The summed E-state index contributed by atoms with van der Waals surface area (Å²) in [5, 5.41) is 0. The Labute approximate surface area is 214 Å². The smallest absolute Gasteiger partial charge is 0.178 e. The zero-order chi connectivity index (χ0) is 21.0. The fraction of sp³-hybridized carbons (Fsp3) is 0.286. The van der Waals surface area contributed by atoms with E-state index in [4.69, 9.17) is 0 Å². The third-order valence-electron chi connectivity index (χ3n) is 5.11. The van der Waals surface area contributed by atoms with Gasteiger partial charge < -0.3 is 34.0 Å². The first-order valence-electron chi connectivity index (χ1n) is 10.7. The van der Waals surface area contributed by atoms with Crippen LogP contribution in [0.4, 0.5) is 0 Å². The van der Waals surface area contributed by atoms with Crippen LogP contribution in [0.5, 0.6) is 0 Å². The fourth-order valence-corrected chi connectivity index (χ4v) is 3.32. The summed E-state index contributed by atoms with van der Waals surface area (Å²) in [5.74, 6) is 13.3. The minimum Gasteiger partial charge on any atom is -1.00 e. The molecule has 0 spiro atoms. The van der Waals surface area contributed by atoms with Crippen LogP contribution in [-0.2, 0) is 13.1 Å². The second-order valence-corrected chi connectivity index (χ2v) is 7.43. The van der Waals surface area contributed by atoms with E-state index in [9.17, 15) is 0 Å². The molecule has 0 N–H and O–H groups in total. The Morgan fingerprint density at radius 3 is 1.41 bits per heavy atom. The number of hydrogen-bond acceptors (Lipinski definition) is 0. The van der Waals surface area contributed by atoms with Crippen molar-refractivity contribution in [2.75, 3.05) is 0 Å². The summed E-state index contributed by atoms with van der Waals surface area (Å²) in [5.41, 5.74) is 4.63. The first kappa shape index (κ1) is 27.6. The van der Waals surface area contributed by atoms with Gasteiger partial charge in [0.15, 0.2) is 23.8 Å². The molecule has 0 saturated carbocycles. The molecule has 1 aromatic carbocycles. The quantitative estimate of drug-likeness (QED) is 0.200. The number of benzene rings is 1. The van der Waals surface area contributed by atoms with Crippen LogP contribution in [0.2, 0.25) is 0 Å². The van der Waals surface area contributed by atoms with Crippen LogP contribution in [0.25, 0.3) is 0 Å². The highest BCUT2D eigenvalue weighted by Crippen LogP contribution is 2.06. The van der Waals surface area contributed by atoms with Crippen molar-refractivity contribution >= 4 is 0 Å². The summed E-state index contributed by atoms with van der Waals surface area (Å²) < 4.78 is 4.55. The zero-order valence-corrected chi connectivity index (χ0v) is 22.0. The molecule has 2 heterocycles. The highest BCUT2D eigenvalue weighted by molar-refractivity contribution is 5.49. The van der Waals surface area contributed by atoms with E-state index in [1.165, 1.54) is 11.4 Å². The molecular formula is C28H30Br2N2. The van der Waals surface area contributed by atoms with Gasteiger partial charge in [-0.25, -0.2) is 9.13 Å². The summed E-state index contributed by atoms with van der Waals surface area (Å²) in [7, 11) is 0. The number of hydrogen-bond donors (Lipinski definition) is 0. The van der Waals surface area contributed by atoms with Crippen molar-refractivity contribution in [2.24, 2.45) is 0 Å². The lowest BCUT2D eigenvalue weighted by atomic mass is 10.1.